The van der Waals surface area contributed by atoms with Gasteiger partial charge in [-0.05, 0) is 90.3 Å². The van der Waals surface area contributed by atoms with Gasteiger partial charge in [-0.3, -0.25) is 4.79 Å². The van der Waals surface area contributed by atoms with Crippen molar-refractivity contribution in [1.82, 2.24) is 5.32 Å². The second kappa shape index (κ2) is 10.4. The molecule has 3 fully saturated rings. The van der Waals surface area contributed by atoms with Gasteiger partial charge in [-0.25, -0.2) is 0 Å². The Bertz CT molecular complexity index is 1460. The molecular formula is C35H38N2O4. The third-order valence-electron chi connectivity index (χ3n) is 8.72. The zero-order valence-electron chi connectivity index (χ0n) is 23.8. The Balaban J connectivity index is 1.29. The summed E-state index contributed by atoms with van der Waals surface area (Å²) in [5.74, 6) is -0.00723. The van der Waals surface area contributed by atoms with Crippen LogP contribution in [0, 0.1) is 17.2 Å². The molecule has 3 aliphatic rings. The van der Waals surface area contributed by atoms with Crippen LogP contribution in [0.3, 0.4) is 0 Å². The molecule has 41 heavy (non-hydrogen) atoms. The van der Waals surface area contributed by atoms with Gasteiger partial charge in [0.2, 0.25) is 5.91 Å². The Morgan fingerprint density at radius 2 is 1.44 bits per heavy atom. The molecular weight excluding hydrogens is 512 g/mol. The monoisotopic (exact) mass is 550 g/mol. The Morgan fingerprint density at radius 3 is 2.00 bits per heavy atom. The predicted octanol–water partition coefficient (Wildman–Crippen LogP) is 6.01. The first-order chi connectivity index (χ1) is 19.6. The van der Waals surface area contributed by atoms with Gasteiger partial charge in [0.05, 0.1) is 17.3 Å². The van der Waals surface area contributed by atoms with Crippen molar-refractivity contribution in [2.75, 3.05) is 0 Å². The quantitative estimate of drug-likeness (QED) is 0.271. The van der Waals surface area contributed by atoms with Crippen LogP contribution in [0.1, 0.15) is 87.2 Å². The van der Waals surface area contributed by atoms with Crippen molar-refractivity contribution in [2.24, 2.45) is 5.92 Å². The minimum Gasteiger partial charge on any atom is -0.385 e. The van der Waals surface area contributed by atoms with Crippen LogP contribution in [0.2, 0.25) is 0 Å². The number of carbonyl (C=O) groups excluding carboxylic acids is 1. The fourth-order valence-electron chi connectivity index (χ4n) is 5.64. The van der Waals surface area contributed by atoms with Gasteiger partial charge < -0.3 is 20.3 Å². The van der Waals surface area contributed by atoms with Gasteiger partial charge in [0.1, 0.15) is 17.7 Å². The van der Waals surface area contributed by atoms with E-state index in [1.54, 1.807) is 0 Å². The number of hydrogen-bond acceptors (Lipinski definition) is 5. The maximum Gasteiger partial charge on any atom is 0.250 e. The number of carbonyl (C=O) groups is 1. The van der Waals surface area contributed by atoms with E-state index in [9.17, 15) is 20.3 Å². The van der Waals surface area contributed by atoms with Crippen LogP contribution in [0.4, 0.5) is 0 Å². The summed E-state index contributed by atoms with van der Waals surface area (Å²) >= 11 is 0. The molecule has 3 N–H and O–H groups in total. The second-order valence-electron chi connectivity index (χ2n) is 12.7. The van der Waals surface area contributed by atoms with Gasteiger partial charge in [-0.15, -0.1) is 0 Å². The zero-order chi connectivity index (χ0) is 28.8. The van der Waals surface area contributed by atoms with Crippen LogP contribution in [0.15, 0.2) is 72.8 Å². The molecule has 0 heterocycles. The van der Waals surface area contributed by atoms with E-state index in [-0.39, 0.29) is 11.8 Å². The molecule has 3 aliphatic carbocycles. The normalized spacial score (nSPS) is 20.5. The molecule has 3 aromatic rings. The summed E-state index contributed by atoms with van der Waals surface area (Å²) < 4.78 is 6.61. The smallest absolute Gasteiger partial charge is 0.250 e. The van der Waals surface area contributed by atoms with Gasteiger partial charge in [0.15, 0.2) is 0 Å². The number of hydrogen-bond donors (Lipinski definition) is 3. The molecule has 0 radical (unpaired) electrons. The van der Waals surface area contributed by atoms with Gasteiger partial charge in [-0.2, -0.15) is 5.26 Å². The van der Waals surface area contributed by atoms with E-state index in [4.69, 9.17) is 4.74 Å². The maximum absolute atomic E-state index is 13.3. The molecule has 2 atom stereocenters. The molecule has 6 rings (SSSR count). The summed E-state index contributed by atoms with van der Waals surface area (Å²) in [6.07, 6.45) is 3.62. The Morgan fingerprint density at radius 1 is 0.854 bits per heavy atom. The standard InChI is InChI=1S/C35H38N2O4/c1-23(2)20-30(32(38)37-33(22-36)14-15-33)41-31(25-6-4-3-5-7-25)26-10-8-24(9-11-26)27-12-13-28(34(39)16-17-34)29(21-27)35(40)18-19-35/h3-13,21,23,30-31,39-40H,14-20H2,1-2H3,(H,37,38)/t30-,31?/m0/s1. The summed E-state index contributed by atoms with van der Waals surface area (Å²) in [7, 11) is 0. The summed E-state index contributed by atoms with van der Waals surface area (Å²) in [5.41, 5.74) is 3.16. The topological polar surface area (TPSA) is 103 Å². The van der Waals surface area contributed by atoms with Crippen molar-refractivity contribution < 1.29 is 19.7 Å². The maximum atomic E-state index is 13.3. The average Bonchev–Trinajstić information content (AvgIpc) is 3.90. The van der Waals surface area contributed by atoms with E-state index in [2.05, 4.69) is 25.2 Å². The van der Waals surface area contributed by atoms with Crippen LogP contribution in [0.5, 0.6) is 0 Å². The van der Waals surface area contributed by atoms with Crippen LogP contribution in [0.25, 0.3) is 11.1 Å². The lowest BCUT2D eigenvalue weighted by atomic mass is 9.90. The molecule has 3 aromatic carbocycles. The lowest BCUT2D eigenvalue weighted by molar-refractivity contribution is -0.137. The van der Waals surface area contributed by atoms with E-state index in [0.29, 0.717) is 19.3 Å². The van der Waals surface area contributed by atoms with Crippen molar-refractivity contribution >= 4 is 5.91 Å². The van der Waals surface area contributed by atoms with Gasteiger partial charge >= 0.3 is 0 Å². The Kier molecular flexibility index (Phi) is 7.02. The number of aliphatic hydroxyl groups is 2. The zero-order valence-corrected chi connectivity index (χ0v) is 23.8. The third-order valence-corrected chi connectivity index (χ3v) is 8.72. The highest BCUT2D eigenvalue weighted by atomic mass is 16.5. The summed E-state index contributed by atoms with van der Waals surface area (Å²) in [6.45, 7) is 4.12. The number of amides is 1. The van der Waals surface area contributed by atoms with E-state index in [1.807, 2.05) is 72.8 Å². The van der Waals surface area contributed by atoms with E-state index < -0.39 is 28.9 Å². The lowest BCUT2D eigenvalue weighted by Crippen LogP contribution is -2.44. The van der Waals surface area contributed by atoms with Gasteiger partial charge in [0, 0.05) is 0 Å². The third kappa shape index (κ3) is 5.81. The van der Waals surface area contributed by atoms with E-state index in [0.717, 1.165) is 59.1 Å². The fraction of sp³-hybridized carbons (Fsp3) is 0.429. The molecule has 6 nitrogen and oxygen atoms in total. The van der Waals surface area contributed by atoms with Crippen LogP contribution in [-0.2, 0) is 20.7 Å². The molecule has 1 amide bonds. The number of benzene rings is 3. The molecule has 1 unspecified atom stereocenters. The first-order valence-electron chi connectivity index (χ1n) is 14.8. The first-order valence-corrected chi connectivity index (χ1v) is 14.8. The fourth-order valence-corrected chi connectivity index (χ4v) is 5.64. The molecule has 6 heteroatoms. The minimum absolute atomic E-state index is 0.230. The lowest BCUT2D eigenvalue weighted by Gasteiger charge is -2.27. The number of rotatable bonds is 11. The molecule has 0 aromatic heterocycles. The summed E-state index contributed by atoms with van der Waals surface area (Å²) in [5, 5.41) is 34.3. The van der Waals surface area contributed by atoms with Crippen LogP contribution in [-0.4, -0.2) is 27.8 Å². The number of nitrogens with zero attached hydrogens (tertiary/aromatic N) is 1. The van der Waals surface area contributed by atoms with Crippen molar-refractivity contribution in [3.8, 4) is 17.2 Å². The van der Waals surface area contributed by atoms with E-state index in [1.165, 1.54) is 0 Å². The molecule has 0 aliphatic heterocycles. The van der Waals surface area contributed by atoms with Gasteiger partial charge in [-0.1, -0.05) is 80.6 Å². The average molecular weight is 551 g/mol. The van der Waals surface area contributed by atoms with Crippen molar-refractivity contribution in [1.29, 1.82) is 5.26 Å². The molecule has 3 saturated carbocycles. The number of nitrogens with one attached hydrogen (secondary N) is 1. The minimum atomic E-state index is -0.841. The van der Waals surface area contributed by atoms with Crippen LogP contribution >= 0.6 is 0 Å². The van der Waals surface area contributed by atoms with Gasteiger partial charge in [0.25, 0.3) is 0 Å². The van der Waals surface area contributed by atoms with Crippen molar-refractivity contribution in [3.05, 3.63) is 95.1 Å². The van der Waals surface area contributed by atoms with Crippen LogP contribution < -0.4 is 5.32 Å². The molecule has 0 saturated heterocycles. The van der Waals surface area contributed by atoms with E-state index >= 15 is 0 Å². The van der Waals surface area contributed by atoms with Crippen molar-refractivity contribution in [2.45, 2.75) is 87.7 Å². The van der Waals surface area contributed by atoms with Crippen molar-refractivity contribution in [3.63, 3.8) is 0 Å². The Hall–Kier alpha value is -3.50. The predicted molar refractivity (Wildman–Crippen MR) is 156 cm³/mol. The number of ether oxygens (including phenoxy) is 1. The molecule has 0 bridgehead atoms. The summed E-state index contributed by atoms with van der Waals surface area (Å²) in [4.78, 5) is 13.3. The largest absolute Gasteiger partial charge is 0.385 e. The summed E-state index contributed by atoms with van der Waals surface area (Å²) in [6, 6.07) is 26.3. The molecule has 0 spiro atoms. The highest BCUT2D eigenvalue weighted by Crippen LogP contribution is 2.54. The SMILES string of the molecule is CC(C)C[C@H](OC(c1ccccc1)c1ccc(-c2ccc(C3(O)CC3)c(C3(O)CC3)c2)cc1)C(=O)NC1(C#N)CC1. The Labute approximate surface area is 242 Å². The first kappa shape index (κ1) is 27.7. The number of nitriles is 1. The highest BCUT2D eigenvalue weighted by molar-refractivity contribution is 5.82. The highest BCUT2D eigenvalue weighted by Gasteiger charge is 2.51. The molecule has 212 valence electrons. The second-order valence-corrected chi connectivity index (χ2v) is 12.7.